The summed E-state index contributed by atoms with van der Waals surface area (Å²) in [6.45, 7) is 5.29. The van der Waals surface area contributed by atoms with E-state index in [4.69, 9.17) is 0 Å². The van der Waals surface area contributed by atoms with Gasteiger partial charge in [-0.3, -0.25) is 19.7 Å². The van der Waals surface area contributed by atoms with E-state index in [1.165, 1.54) is 5.56 Å². The van der Waals surface area contributed by atoms with Crippen LogP contribution in [0, 0.1) is 0 Å². The van der Waals surface area contributed by atoms with Gasteiger partial charge in [0.25, 0.3) is 5.91 Å². The Morgan fingerprint density at radius 2 is 1.82 bits per heavy atom. The average molecular weight is 441 g/mol. The average Bonchev–Trinajstić information content (AvgIpc) is 3.28. The lowest BCUT2D eigenvalue weighted by Gasteiger charge is -2.35. The Morgan fingerprint density at radius 3 is 2.58 bits per heavy atom. The van der Waals surface area contributed by atoms with E-state index in [1.807, 2.05) is 62.0 Å². The van der Waals surface area contributed by atoms with Crippen molar-refractivity contribution in [1.82, 2.24) is 24.2 Å². The molecule has 1 amide bonds. The number of anilines is 1. The Bertz CT molecular complexity index is 1220. The summed E-state index contributed by atoms with van der Waals surface area (Å²) in [7, 11) is 1.82. The van der Waals surface area contributed by atoms with Crippen LogP contribution in [-0.2, 0) is 13.1 Å². The number of pyridine rings is 3. The van der Waals surface area contributed by atoms with Crippen LogP contribution in [0.1, 0.15) is 21.6 Å². The van der Waals surface area contributed by atoms with Crippen molar-refractivity contribution < 1.29 is 4.79 Å². The normalized spacial score (nSPS) is 14.5. The van der Waals surface area contributed by atoms with Crippen LogP contribution in [0.2, 0.25) is 0 Å². The van der Waals surface area contributed by atoms with E-state index in [9.17, 15) is 4.79 Å². The predicted octanol–water partition coefficient (Wildman–Crippen LogP) is 3.32. The first-order valence-corrected chi connectivity index (χ1v) is 11.3. The van der Waals surface area contributed by atoms with Gasteiger partial charge in [-0.05, 0) is 48.0 Å². The first-order valence-electron chi connectivity index (χ1n) is 11.3. The van der Waals surface area contributed by atoms with Gasteiger partial charge in [-0.1, -0.05) is 12.1 Å². The standard InChI is InChI=1S/C26H28N6O/c1-29(20-23-6-2-3-12-28-23)26(33)22-7-8-24-9-10-25(32(24)19-22)31-15-13-30(14-16-31)18-21-5-4-11-27-17-21/h2-12,17,19H,13-16,18,20H2,1H3. The zero-order valence-corrected chi connectivity index (χ0v) is 18.8. The third-order valence-corrected chi connectivity index (χ3v) is 6.17. The predicted molar refractivity (Wildman–Crippen MR) is 129 cm³/mol. The molecule has 1 fully saturated rings. The first-order chi connectivity index (χ1) is 16.2. The van der Waals surface area contributed by atoms with Crippen LogP contribution in [0.4, 0.5) is 5.82 Å². The van der Waals surface area contributed by atoms with Gasteiger partial charge >= 0.3 is 0 Å². The molecule has 7 nitrogen and oxygen atoms in total. The molecular formula is C26H28N6O. The molecule has 4 aromatic heterocycles. The van der Waals surface area contributed by atoms with Crippen molar-refractivity contribution >= 4 is 17.2 Å². The van der Waals surface area contributed by atoms with Crippen molar-refractivity contribution in [2.75, 3.05) is 38.1 Å². The SMILES string of the molecule is CN(Cc1ccccn1)C(=O)c1ccc2ccc(N3CCN(Cc4cccnc4)CC3)n2c1. The summed E-state index contributed by atoms with van der Waals surface area (Å²) in [5.41, 5.74) is 3.89. The van der Waals surface area contributed by atoms with Crippen molar-refractivity contribution in [1.29, 1.82) is 0 Å². The molecule has 7 heteroatoms. The van der Waals surface area contributed by atoms with Gasteiger partial charge in [-0.2, -0.15) is 0 Å². The number of hydrogen-bond donors (Lipinski definition) is 0. The summed E-state index contributed by atoms with van der Waals surface area (Å²) in [6, 6.07) is 18.1. The summed E-state index contributed by atoms with van der Waals surface area (Å²) in [4.78, 5) is 28.2. The minimum Gasteiger partial charge on any atom is -0.355 e. The minimum atomic E-state index is -0.0107. The van der Waals surface area contributed by atoms with Crippen molar-refractivity contribution in [2.24, 2.45) is 0 Å². The van der Waals surface area contributed by atoms with Crippen LogP contribution in [0.3, 0.4) is 0 Å². The number of carbonyl (C=O) groups excluding carboxylic acids is 1. The third kappa shape index (κ3) is 4.73. The molecule has 0 radical (unpaired) electrons. The molecule has 5 rings (SSSR count). The molecule has 0 bridgehead atoms. The molecule has 1 aliphatic heterocycles. The van der Waals surface area contributed by atoms with Gasteiger partial charge in [0.1, 0.15) is 5.82 Å². The summed E-state index contributed by atoms with van der Waals surface area (Å²) in [5, 5.41) is 0. The Kier molecular flexibility index (Phi) is 6.04. The molecule has 1 aliphatic rings. The Morgan fingerprint density at radius 1 is 0.970 bits per heavy atom. The van der Waals surface area contributed by atoms with E-state index in [2.05, 4.69) is 42.4 Å². The Balaban J connectivity index is 1.28. The van der Waals surface area contributed by atoms with Gasteiger partial charge in [-0.25, -0.2) is 0 Å². The smallest absolute Gasteiger partial charge is 0.255 e. The van der Waals surface area contributed by atoms with Gasteiger partial charge < -0.3 is 14.2 Å². The van der Waals surface area contributed by atoms with E-state index in [1.54, 1.807) is 11.1 Å². The second kappa shape index (κ2) is 9.42. The molecule has 168 valence electrons. The highest BCUT2D eigenvalue weighted by atomic mass is 16.2. The number of hydrogen-bond acceptors (Lipinski definition) is 5. The quantitative estimate of drug-likeness (QED) is 0.460. The molecule has 0 aromatic carbocycles. The largest absolute Gasteiger partial charge is 0.355 e. The summed E-state index contributed by atoms with van der Waals surface area (Å²) in [6.07, 6.45) is 7.47. The maximum Gasteiger partial charge on any atom is 0.255 e. The zero-order valence-electron chi connectivity index (χ0n) is 18.8. The molecular weight excluding hydrogens is 412 g/mol. The van der Waals surface area contributed by atoms with Gasteiger partial charge in [0.2, 0.25) is 0 Å². The topological polar surface area (TPSA) is 57.0 Å². The molecule has 33 heavy (non-hydrogen) atoms. The highest BCUT2D eigenvalue weighted by molar-refractivity contribution is 5.94. The van der Waals surface area contributed by atoms with Crippen molar-refractivity contribution in [3.8, 4) is 0 Å². The highest BCUT2D eigenvalue weighted by Crippen LogP contribution is 2.23. The van der Waals surface area contributed by atoms with Gasteiger partial charge in [0, 0.05) is 70.1 Å². The van der Waals surface area contributed by atoms with Crippen LogP contribution in [-0.4, -0.2) is 63.3 Å². The molecule has 0 unspecified atom stereocenters. The molecule has 4 aromatic rings. The lowest BCUT2D eigenvalue weighted by Crippen LogP contribution is -2.46. The fourth-order valence-electron chi connectivity index (χ4n) is 4.38. The van der Waals surface area contributed by atoms with E-state index in [0.717, 1.165) is 49.8 Å². The van der Waals surface area contributed by atoms with Gasteiger partial charge in [-0.15, -0.1) is 0 Å². The van der Waals surface area contributed by atoms with Gasteiger partial charge in [0.15, 0.2) is 0 Å². The number of rotatable bonds is 6. The Labute approximate surface area is 193 Å². The molecule has 1 saturated heterocycles. The fourth-order valence-corrected chi connectivity index (χ4v) is 4.38. The summed E-state index contributed by atoms with van der Waals surface area (Å²) >= 11 is 0. The maximum absolute atomic E-state index is 13.1. The molecule has 0 atom stereocenters. The van der Waals surface area contributed by atoms with Crippen molar-refractivity contribution in [2.45, 2.75) is 13.1 Å². The monoisotopic (exact) mass is 440 g/mol. The number of amides is 1. The minimum absolute atomic E-state index is 0.0107. The molecule has 0 aliphatic carbocycles. The van der Waals surface area contributed by atoms with E-state index >= 15 is 0 Å². The van der Waals surface area contributed by atoms with Crippen molar-refractivity contribution in [3.05, 3.63) is 96.2 Å². The van der Waals surface area contributed by atoms with E-state index in [-0.39, 0.29) is 5.91 Å². The van der Waals surface area contributed by atoms with E-state index in [0.29, 0.717) is 12.1 Å². The van der Waals surface area contributed by atoms with E-state index < -0.39 is 0 Å². The highest BCUT2D eigenvalue weighted by Gasteiger charge is 2.20. The fraction of sp³-hybridized carbons (Fsp3) is 0.269. The second-order valence-corrected chi connectivity index (χ2v) is 8.51. The summed E-state index contributed by atoms with van der Waals surface area (Å²) < 4.78 is 2.14. The molecule has 0 saturated carbocycles. The van der Waals surface area contributed by atoms with Crippen LogP contribution in [0.15, 0.2) is 79.4 Å². The van der Waals surface area contributed by atoms with Crippen molar-refractivity contribution in [3.63, 3.8) is 0 Å². The second-order valence-electron chi connectivity index (χ2n) is 8.51. The number of carbonyl (C=O) groups is 1. The van der Waals surface area contributed by atoms with Crippen LogP contribution in [0.5, 0.6) is 0 Å². The van der Waals surface area contributed by atoms with Gasteiger partial charge in [0.05, 0.1) is 17.8 Å². The number of nitrogens with zero attached hydrogens (tertiary/aromatic N) is 6. The summed E-state index contributed by atoms with van der Waals surface area (Å²) in [5.74, 6) is 1.12. The van der Waals surface area contributed by atoms with Crippen LogP contribution in [0.25, 0.3) is 5.52 Å². The number of fused-ring (bicyclic) bond motifs is 1. The first kappa shape index (κ1) is 21.2. The molecule has 0 N–H and O–H groups in total. The Hall–Kier alpha value is -3.71. The number of piperazine rings is 1. The number of aromatic nitrogens is 3. The maximum atomic E-state index is 13.1. The molecule has 5 heterocycles. The zero-order chi connectivity index (χ0) is 22.6. The van der Waals surface area contributed by atoms with Crippen LogP contribution < -0.4 is 4.90 Å². The third-order valence-electron chi connectivity index (χ3n) is 6.17. The lowest BCUT2D eigenvalue weighted by atomic mass is 10.2. The van der Waals surface area contributed by atoms with Crippen LogP contribution >= 0.6 is 0 Å². The lowest BCUT2D eigenvalue weighted by molar-refractivity contribution is 0.0783. The molecule has 0 spiro atoms.